The highest BCUT2D eigenvalue weighted by Crippen LogP contribution is 2.17. The summed E-state index contributed by atoms with van der Waals surface area (Å²) in [6, 6.07) is 6.54. The Balaban J connectivity index is 2.74. The molecule has 0 atom stereocenters. The summed E-state index contributed by atoms with van der Waals surface area (Å²) in [7, 11) is -5.81. The van der Waals surface area contributed by atoms with Crippen LogP contribution in [0.15, 0.2) is 29.2 Å². The molecule has 0 radical (unpaired) electrons. The molecule has 0 heterocycles. The van der Waals surface area contributed by atoms with Crippen molar-refractivity contribution in [2.24, 2.45) is 0 Å². The van der Waals surface area contributed by atoms with Crippen LogP contribution in [0.1, 0.15) is 25.3 Å². The third kappa shape index (κ3) is 4.86. The maximum absolute atomic E-state index is 12.0. The Morgan fingerprint density at radius 1 is 1.05 bits per heavy atom. The van der Waals surface area contributed by atoms with Gasteiger partial charge in [-0.05, 0) is 30.7 Å². The minimum Gasteiger partial charge on any atom is -0.218 e. The van der Waals surface area contributed by atoms with Gasteiger partial charge in [-0.25, -0.2) is 26.3 Å². The van der Waals surface area contributed by atoms with Crippen molar-refractivity contribution in [2.45, 2.75) is 24.7 Å². The van der Waals surface area contributed by atoms with Gasteiger partial charge in [0, 0.05) is 6.54 Å². The molecule has 0 aliphatic heterocycles. The molecule has 0 aromatic heterocycles. The van der Waals surface area contributed by atoms with Gasteiger partial charge in [0.05, 0.1) is 10.6 Å². The predicted molar refractivity (Wildman–Crippen MR) is 78.6 cm³/mol. The van der Waals surface area contributed by atoms with E-state index in [1.54, 1.807) is 12.1 Å². The molecule has 0 aliphatic carbocycles. The van der Waals surface area contributed by atoms with E-state index in [1.165, 1.54) is 19.2 Å². The zero-order valence-electron chi connectivity index (χ0n) is 11.8. The Bertz CT molecular complexity index is 635. The van der Waals surface area contributed by atoms with E-state index in [2.05, 4.69) is 9.44 Å². The molecule has 0 amide bonds. The molecular weight excluding hydrogens is 300 g/mol. The predicted octanol–water partition coefficient (Wildman–Crippen LogP) is 0.638. The second-order valence-corrected chi connectivity index (χ2v) is 8.46. The summed E-state index contributed by atoms with van der Waals surface area (Å²) in [5, 5.41) is 0. The highest BCUT2D eigenvalue weighted by atomic mass is 32.2. The number of rotatable bonds is 7. The smallest absolute Gasteiger partial charge is 0.218 e. The van der Waals surface area contributed by atoms with Gasteiger partial charge in [0.25, 0.3) is 0 Å². The van der Waals surface area contributed by atoms with Crippen LogP contribution in [0.2, 0.25) is 0 Å². The van der Waals surface area contributed by atoms with Gasteiger partial charge >= 0.3 is 0 Å². The summed E-state index contributed by atoms with van der Waals surface area (Å²) in [5.74, 6) is 0.0211. The van der Waals surface area contributed by atoms with Crippen LogP contribution in [-0.4, -0.2) is 36.2 Å². The van der Waals surface area contributed by atoms with Crippen LogP contribution in [0.4, 0.5) is 0 Å². The van der Waals surface area contributed by atoms with Crippen molar-refractivity contribution in [1.82, 2.24) is 9.44 Å². The molecule has 1 aromatic rings. The molecule has 114 valence electrons. The third-order valence-electron chi connectivity index (χ3n) is 2.83. The van der Waals surface area contributed by atoms with Gasteiger partial charge < -0.3 is 0 Å². The fourth-order valence-electron chi connectivity index (χ4n) is 1.53. The van der Waals surface area contributed by atoms with Crippen LogP contribution in [0, 0.1) is 0 Å². The van der Waals surface area contributed by atoms with Gasteiger partial charge in [-0.15, -0.1) is 0 Å². The fraction of sp³-hybridized carbons (Fsp3) is 0.500. The zero-order valence-corrected chi connectivity index (χ0v) is 13.4. The van der Waals surface area contributed by atoms with Crippen LogP contribution in [0.3, 0.4) is 0 Å². The summed E-state index contributed by atoms with van der Waals surface area (Å²) < 4.78 is 50.7. The minimum atomic E-state index is -3.68. The first-order valence-corrected chi connectivity index (χ1v) is 9.32. The van der Waals surface area contributed by atoms with Crippen LogP contribution >= 0.6 is 0 Å². The molecule has 0 spiro atoms. The average Bonchev–Trinajstić information content (AvgIpc) is 2.38. The van der Waals surface area contributed by atoms with Crippen LogP contribution in [0.5, 0.6) is 0 Å². The Morgan fingerprint density at radius 3 is 2.05 bits per heavy atom. The lowest BCUT2D eigenvalue weighted by molar-refractivity contribution is 0.578. The normalized spacial score (nSPS) is 12.8. The first kappa shape index (κ1) is 17.1. The molecule has 20 heavy (non-hydrogen) atoms. The largest absolute Gasteiger partial charge is 0.240 e. The fourth-order valence-corrected chi connectivity index (χ4v) is 3.26. The lowest BCUT2D eigenvalue weighted by Crippen LogP contribution is -2.32. The standard InChI is InChI=1S/C12H20N2O4S2/c1-10(2)11-4-6-12(7-5-11)20(17,18)14-8-9-19(15,16)13-3/h4-7,10,13-14H,8-9H2,1-3H3. The molecule has 2 N–H and O–H groups in total. The van der Waals surface area contributed by atoms with E-state index in [4.69, 9.17) is 0 Å². The molecule has 1 rings (SSSR count). The number of benzene rings is 1. The molecule has 0 unspecified atom stereocenters. The van der Waals surface area contributed by atoms with Gasteiger partial charge in [-0.1, -0.05) is 26.0 Å². The Morgan fingerprint density at radius 2 is 1.60 bits per heavy atom. The summed E-state index contributed by atoms with van der Waals surface area (Å²) in [5.41, 5.74) is 1.04. The van der Waals surface area contributed by atoms with Crippen LogP contribution in [0.25, 0.3) is 0 Å². The maximum atomic E-state index is 12.0. The Hall–Kier alpha value is -0.960. The van der Waals surface area contributed by atoms with Crippen molar-refractivity contribution in [2.75, 3.05) is 19.3 Å². The molecule has 0 aliphatic rings. The molecule has 6 nitrogen and oxygen atoms in total. The first-order valence-electron chi connectivity index (χ1n) is 6.19. The van der Waals surface area contributed by atoms with E-state index in [9.17, 15) is 16.8 Å². The van der Waals surface area contributed by atoms with E-state index in [0.717, 1.165) is 5.56 Å². The number of hydrogen-bond donors (Lipinski definition) is 2. The topological polar surface area (TPSA) is 92.3 Å². The van der Waals surface area contributed by atoms with Crippen molar-refractivity contribution in [3.05, 3.63) is 29.8 Å². The Labute approximate surface area is 120 Å². The van der Waals surface area contributed by atoms with E-state index in [-0.39, 0.29) is 17.2 Å². The minimum absolute atomic E-state index is 0.128. The third-order valence-corrected chi connectivity index (χ3v) is 5.67. The lowest BCUT2D eigenvalue weighted by atomic mass is 10.0. The van der Waals surface area contributed by atoms with Crippen molar-refractivity contribution in [3.8, 4) is 0 Å². The summed E-state index contributed by atoms with van der Waals surface area (Å²) in [6.07, 6.45) is 0. The summed E-state index contributed by atoms with van der Waals surface area (Å²) in [4.78, 5) is 0.128. The first-order chi connectivity index (χ1) is 9.18. The SMILES string of the molecule is CNS(=O)(=O)CCNS(=O)(=O)c1ccc(C(C)C)cc1. The Kier molecular flexibility index (Phi) is 5.69. The van der Waals surface area contributed by atoms with Gasteiger partial charge in [0.15, 0.2) is 0 Å². The van der Waals surface area contributed by atoms with E-state index < -0.39 is 20.0 Å². The molecule has 0 saturated heterocycles. The van der Waals surface area contributed by atoms with E-state index in [0.29, 0.717) is 5.92 Å². The number of nitrogens with one attached hydrogen (secondary N) is 2. The monoisotopic (exact) mass is 320 g/mol. The second-order valence-electron chi connectivity index (χ2n) is 4.64. The summed E-state index contributed by atoms with van der Waals surface area (Å²) >= 11 is 0. The second kappa shape index (κ2) is 6.66. The van der Waals surface area contributed by atoms with Gasteiger partial charge in [0.1, 0.15) is 0 Å². The molecule has 8 heteroatoms. The van der Waals surface area contributed by atoms with Crippen molar-refractivity contribution < 1.29 is 16.8 Å². The summed E-state index contributed by atoms with van der Waals surface area (Å²) in [6.45, 7) is 3.87. The maximum Gasteiger partial charge on any atom is 0.240 e. The molecular formula is C12H20N2O4S2. The molecule has 1 aromatic carbocycles. The van der Waals surface area contributed by atoms with Gasteiger partial charge in [-0.3, -0.25) is 0 Å². The molecule has 0 saturated carbocycles. The average molecular weight is 320 g/mol. The van der Waals surface area contributed by atoms with Gasteiger partial charge in [-0.2, -0.15) is 0 Å². The van der Waals surface area contributed by atoms with E-state index in [1.807, 2.05) is 13.8 Å². The quantitative estimate of drug-likeness (QED) is 0.771. The zero-order chi connectivity index (χ0) is 15.4. The van der Waals surface area contributed by atoms with E-state index >= 15 is 0 Å². The molecule has 0 fully saturated rings. The van der Waals surface area contributed by atoms with Crippen LogP contribution in [-0.2, 0) is 20.0 Å². The van der Waals surface area contributed by atoms with Crippen molar-refractivity contribution in [1.29, 1.82) is 0 Å². The highest BCUT2D eigenvalue weighted by Gasteiger charge is 2.15. The number of hydrogen-bond acceptors (Lipinski definition) is 4. The lowest BCUT2D eigenvalue weighted by Gasteiger charge is -2.09. The number of sulfonamides is 2. The van der Waals surface area contributed by atoms with Gasteiger partial charge in [0.2, 0.25) is 20.0 Å². The van der Waals surface area contributed by atoms with Crippen LogP contribution < -0.4 is 9.44 Å². The molecule has 0 bridgehead atoms. The highest BCUT2D eigenvalue weighted by molar-refractivity contribution is 7.90. The van der Waals surface area contributed by atoms with Crippen molar-refractivity contribution in [3.63, 3.8) is 0 Å². The van der Waals surface area contributed by atoms with Crippen molar-refractivity contribution >= 4 is 20.0 Å².